The summed E-state index contributed by atoms with van der Waals surface area (Å²) in [5.74, 6) is 1.04. The number of carbonyl (C=O) groups excluding carboxylic acids is 1. The van der Waals surface area contributed by atoms with Gasteiger partial charge in [0.1, 0.15) is 5.78 Å². The highest BCUT2D eigenvalue weighted by Crippen LogP contribution is 2.19. The Morgan fingerprint density at radius 1 is 1.42 bits per heavy atom. The van der Waals surface area contributed by atoms with E-state index in [1.54, 1.807) is 0 Å². The Labute approximate surface area is 74.3 Å². The Hall–Kier alpha value is -0.370. The average Bonchev–Trinajstić information content (AvgIpc) is 2.06. The van der Waals surface area contributed by atoms with Crippen molar-refractivity contribution in [3.05, 3.63) is 0 Å². The van der Waals surface area contributed by atoms with E-state index in [0.29, 0.717) is 11.7 Å². The lowest BCUT2D eigenvalue weighted by atomic mass is 9.93. The molecular formula is C10H18O2. The molecule has 1 rings (SSSR count). The van der Waals surface area contributed by atoms with Gasteiger partial charge in [0, 0.05) is 26.1 Å². The highest BCUT2D eigenvalue weighted by atomic mass is 16.5. The largest absolute Gasteiger partial charge is 0.381 e. The van der Waals surface area contributed by atoms with Crippen LogP contribution in [0.1, 0.15) is 39.0 Å². The van der Waals surface area contributed by atoms with E-state index >= 15 is 0 Å². The molecule has 2 heteroatoms. The minimum absolute atomic E-state index is 0.435. The summed E-state index contributed by atoms with van der Waals surface area (Å²) in [5, 5.41) is 0. The Kier molecular flexibility index (Phi) is 4.30. The van der Waals surface area contributed by atoms with Crippen LogP contribution in [0.2, 0.25) is 0 Å². The van der Waals surface area contributed by atoms with Gasteiger partial charge in [0.25, 0.3) is 0 Å². The van der Waals surface area contributed by atoms with E-state index in [4.69, 9.17) is 4.74 Å². The first-order valence-electron chi connectivity index (χ1n) is 4.92. The summed E-state index contributed by atoms with van der Waals surface area (Å²) in [6.45, 7) is 3.76. The molecule has 0 saturated carbocycles. The third-order valence-corrected chi connectivity index (χ3v) is 2.39. The maximum atomic E-state index is 11.3. The zero-order valence-electron chi connectivity index (χ0n) is 7.84. The van der Waals surface area contributed by atoms with E-state index < -0.39 is 0 Å². The van der Waals surface area contributed by atoms with E-state index in [0.717, 1.165) is 45.3 Å². The van der Waals surface area contributed by atoms with Gasteiger partial charge in [-0.2, -0.15) is 0 Å². The van der Waals surface area contributed by atoms with Crippen LogP contribution in [0, 0.1) is 5.92 Å². The van der Waals surface area contributed by atoms with Gasteiger partial charge in [-0.25, -0.2) is 0 Å². The van der Waals surface area contributed by atoms with Crippen molar-refractivity contribution in [3.63, 3.8) is 0 Å². The molecule has 1 aliphatic rings. The highest BCUT2D eigenvalue weighted by molar-refractivity contribution is 5.78. The molecule has 0 radical (unpaired) electrons. The van der Waals surface area contributed by atoms with Crippen LogP contribution in [-0.2, 0) is 9.53 Å². The van der Waals surface area contributed by atoms with E-state index in [1.807, 2.05) is 0 Å². The summed E-state index contributed by atoms with van der Waals surface area (Å²) < 4.78 is 5.23. The lowest BCUT2D eigenvalue weighted by Gasteiger charge is -2.20. The number of rotatable bonds is 4. The average molecular weight is 170 g/mol. The molecule has 0 amide bonds. The SMILES string of the molecule is CCCC(=O)CC1CCOCC1. The molecule has 0 N–H and O–H groups in total. The molecule has 12 heavy (non-hydrogen) atoms. The van der Waals surface area contributed by atoms with Crippen LogP contribution < -0.4 is 0 Å². The molecular weight excluding hydrogens is 152 g/mol. The lowest BCUT2D eigenvalue weighted by molar-refractivity contribution is -0.120. The second-order valence-electron chi connectivity index (χ2n) is 3.55. The van der Waals surface area contributed by atoms with Crippen LogP contribution >= 0.6 is 0 Å². The number of Topliss-reactive ketones (excluding diaryl/α,β-unsaturated/α-hetero) is 1. The van der Waals surface area contributed by atoms with Crippen molar-refractivity contribution in [1.82, 2.24) is 0 Å². The van der Waals surface area contributed by atoms with Gasteiger partial charge in [0.2, 0.25) is 0 Å². The van der Waals surface area contributed by atoms with E-state index in [1.165, 1.54) is 0 Å². The van der Waals surface area contributed by atoms with Crippen molar-refractivity contribution in [2.45, 2.75) is 39.0 Å². The Morgan fingerprint density at radius 2 is 2.08 bits per heavy atom. The molecule has 2 nitrogen and oxygen atoms in total. The van der Waals surface area contributed by atoms with Gasteiger partial charge in [-0.3, -0.25) is 4.79 Å². The van der Waals surface area contributed by atoms with Crippen LogP contribution in [0.4, 0.5) is 0 Å². The summed E-state index contributed by atoms with van der Waals surface area (Å²) in [6.07, 6.45) is 4.70. The first-order valence-corrected chi connectivity index (χ1v) is 4.92. The Bertz CT molecular complexity index is 137. The fraction of sp³-hybridized carbons (Fsp3) is 0.900. The maximum Gasteiger partial charge on any atom is 0.133 e. The lowest BCUT2D eigenvalue weighted by Crippen LogP contribution is -2.18. The van der Waals surface area contributed by atoms with Crippen LogP contribution in [0.15, 0.2) is 0 Å². The van der Waals surface area contributed by atoms with Crippen molar-refractivity contribution in [2.24, 2.45) is 5.92 Å². The third kappa shape index (κ3) is 3.35. The van der Waals surface area contributed by atoms with Crippen molar-refractivity contribution >= 4 is 5.78 Å². The predicted molar refractivity (Wildman–Crippen MR) is 48.1 cm³/mol. The second kappa shape index (κ2) is 5.31. The summed E-state index contributed by atoms with van der Waals surface area (Å²) >= 11 is 0. The maximum absolute atomic E-state index is 11.3. The van der Waals surface area contributed by atoms with Crippen LogP contribution in [-0.4, -0.2) is 19.0 Å². The molecule has 0 unspecified atom stereocenters. The molecule has 1 fully saturated rings. The smallest absolute Gasteiger partial charge is 0.133 e. The fourth-order valence-electron chi connectivity index (χ4n) is 1.65. The monoisotopic (exact) mass is 170 g/mol. The number of ether oxygens (including phenoxy) is 1. The van der Waals surface area contributed by atoms with Crippen molar-refractivity contribution in [3.8, 4) is 0 Å². The van der Waals surface area contributed by atoms with Gasteiger partial charge in [0.15, 0.2) is 0 Å². The zero-order chi connectivity index (χ0) is 8.81. The minimum atomic E-state index is 0.435. The molecule has 0 aliphatic carbocycles. The molecule has 1 aliphatic heterocycles. The molecule has 1 heterocycles. The second-order valence-corrected chi connectivity index (χ2v) is 3.55. The van der Waals surface area contributed by atoms with Gasteiger partial charge in [-0.1, -0.05) is 6.92 Å². The predicted octanol–water partition coefficient (Wildman–Crippen LogP) is 2.17. The number of hydrogen-bond acceptors (Lipinski definition) is 2. The number of carbonyl (C=O) groups is 1. The molecule has 0 atom stereocenters. The highest BCUT2D eigenvalue weighted by Gasteiger charge is 2.16. The van der Waals surface area contributed by atoms with Crippen LogP contribution in [0.25, 0.3) is 0 Å². The first kappa shape index (κ1) is 9.72. The number of hydrogen-bond donors (Lipinski definition) is 0. The van der Waals surface area contributed by atoms with Crippen molar-refractivity contribution in [2.75, 3.05) is 13.2 Å². The van der Waals surface area contributed by atoms with Crippen molar-refractivity contribution in [1.29, 1.82) is 0 Å². The van der Waals surface area contributed by atoms with Gasteiger partial charge >= 0.3 is 0 Å². The third-order valence-electron chi connectivity index (χ3n) is 2.39. The summed E-state index contributed by atoms with van der Waals surface area (Å²) in [6, 6.07) is 0. The van der Waals surface area contributed by atoms with Gasteiger partial charge < -0.3 is 4.74 Å². The zero-order valence-corrected chi connectivity index (χ0v) is 7.84. The summed E-state index contributed by atoms with van der Waals surface area (Å²) in [7, 11) is 0. The van der Waals surface area contributed by atoms with Gasteiger partial charge in [-0.05, 0) is 25.2 Å². The minimum Gasteiger partial charge on any atom is -0.381 e. The quantitative estimate of drug-likeness (QED) is 0.646. The Balaban J connectivity index is 2.15. The molecule has 0 aromatic heterocycles. The molecule has 70 valence electrons. The Morgan fingerprint density at radius 3 is 2.67 bits per heavy atom. The summed E-state index contributed by atoms with van der Waals surface area (Å²) in [5.41, 5.74) is 0. The van der Waals surface area contributed by atoms with Gasteiger partial charge in [0.05, 0.1) is 0 Å². The molecule has 0 aromatic carbocycles. The molecule has 0 aromatic rings. The standard InChI is InChI=1S/C10H18O2/c1-2-3-10(11)8-9-4-6-12-7-5-9/h9H,2-8H2,1H3. The molecule has 0 bridgehead atoms. The van der Waals surface area contributed by atoms with E-state index in [9.17, 15) is 4.79 Å². The van der Waals surface area contributed by atoms with Crippen LogP contribution in [0.3, 0.4) is 0 Å². The van der Waals surface area contributed by atoms with E-state index in [-0.39, 0.29) is 0 Å². The van der Waals surface area contributed by atoms with Crippen molar-refractivity contribution < 1.29 is 9.53 Å². The van der Waals surface area contributed by atoms with Crippen LogP contribution in [0.5, 0.6) is 0 Å². The number of ketones is 1. The topological polar surface area (TPSA) is 26.3 Å². The molecule has 0 spiro atoms. The molecule has 1 saturated heterocycles. The van der Waals surface area contributed by atoms with Gasteiger partial charge in [-0.15, -0.1) is 0 Å². The van der Waals surface area contributed by atoms with E-state index in [2.05, 4.69) is 6.92 Å². The first-order chi connectivity index (χ1) is 5.83. The fourth-order valence-corrected chi connectivity index (χ4v) is 1.65. The summed E-state index contributed by atoms with van der Waals surface area (Å²) in [4.78, 5) is 11.3. The normalized spacial score (nSPS) is 19.4.